The van der Waals surface area contributed by atoms with Crippen LogP contribution in [0.2, 0.25) is 5.02 Å². The number of ketones is 1. The number of nitrogens with one attached hydrogen (secondary N) is 1. The molecule has 1 saturated heterocycles. The molecule has 2 aromatic rings. The Labute approximate surface area is 206 Å². The Morgan fingerprint density at radius 3 is 2.24 bits per heavy atom. The molecule has 0 radical (unpaired) electrons. The SMILES string of the molecule is CC(=O)c1cccc(C(=O)NC(C(=O)N2CCC(O)(c3ccc(Cl)cc3)C(C)(C)C2)C(C)C)c1. The van der Waals surface area contributed by atoms with E-state index in [9.17, 15) is 19.5 Å². The summed E-state index contributed by atoms with van der Waals surface area (Å²) in [5.74, 6) is -0.858. The highest BCUT2D eigenvalue weighted by Crippen LogP contribution is 2.46. The van der Waals surface area contributed by atoms with Crippen LogP contribution in [0.25, 0.3) is 0 Å². The summed E-state index contributed by atoms with van der Waals surface area (Å²) in [4.78, 5) is 39.8. The lowest BCUT2D eigenvalue weighted by Crippen LogP contribution is -2.60. The summed E-state index contributed by atoms with van der Waals surface area (Å²) in [6.07, 6.45) is 0.368. The minimum absolute atomic E-state index is 0.130. The minimum Gasteiger partial charge on any atom is -0.384 e. The number of likely N-dealkylation sites (tertiary alicyclic amines) is 1. The molecule has 2 unspecified atom stereocenters. The summed E-state index contributed by atoms with van der Waals surface area (Å²) in [6, 6.07) is 12.9. The number of hydrogen-bond donors (Lipinski definition) is 2. The Hall–Kier alpha value is -2.70. The summed E-state index contributed by atoms with van der Waals surface area (Å²) in [5, 5.41) is 15.1. The van der Waals surface area contributed by atoms with Crippen molar-refractivity contribution in [3.05, 3.63) is 70.2 Å². The van der Waals surface area contributed by atoms with Crippen LogP contribution in [0.15, 0.2) is 48.5 Å². The average Bonchev–Trinajstić information content (AvgIpc) is 2.78. The minimum atomic E-state index is -1.11. The molecule has 0 aliphatic carbocycles. The number of carbonyl (C=O) groups is 3. The maximum absolute atomic E-state index is 13.5. The van der Waals surface area contributed by atoms with Gasteiger partial charge in [0.25, 0.3) is 5.91 Å². The first-order valence-corrected chi connectivity index (χ1v) is 11.9. The summed E-state index contributed by atoms with van der Waals surface area (Å²) < 4.78 is 0. The molecule has 2 atom stereocenters. The van der Waals surface area contributed by atoms with Crippen LogP contribution in [0.1, 0.15) is 67.3 Å². The Bertz CT molecular complexity index is 1080. The van der Waals surface area contributed by atoms with E-state index in [0.717, 1.165) is 5.56 Å². The quantitative estimate of drug-likeness (QED) is 0.593. The molecule has 0 aromatic heterocycles. The third-order valence-corrected chi connectivity index (χ3v) is 7.09. The van der Waals surface area contributed by atoms with Gasteiger partial charge in [0.15, 0.2) is 5.78 Å². The maximum atomic E-state index is 13.5. The Kier molecular flexibility index (Phi) is 7.53. The molecular weight excluding hydrogens is 452 g/mol. The molecule has 2 amide bonds. The lowest BCUT2D eigenvalue weighted by atomic mass is 9.66. The first kappa shape index (κ1) is 25.9. The van der Waals surface area contributed by atoms with E-state index in [1.807, 2.05) is 39.8 Å². The molecule has 3 rings (SSSR count). The number of nitrogens with zero attached hydrogens (tertiary/aromatic N) is 1. The molecule has 1 aliphatic rings. The zero-order valence-electron chi connectivity index (χ0n) is 20.4. The number of piperidine rings is 1. The van der Waals surface area contributed by atoms with Crippen LogP contribution in [0.3, 0.4) is 0 Å². The van der Waals surface area contributed by atoms with Gasteiger partial charge < -0.3 is 15.3 Å². The number of amides is 2. The van der Waals surface area contributed by atoms with E-state index in [0.29, 0.717) is 35.7 Å². The number of carbonyl (C=O) groups excluding carboxylic acids is 3. The monoisotopic (exact) mass is 484 g/mol. The number of aliphatic hydroxyl groups is 1. The summed E-state index contributed by atoms with van der Waals surface area (Å²) in [5.41, 5.74) is -0.191. The van der Waals surface area contributed by atoms with Gasteiger partial charge in [0.2, 0.25) is 5.91 Å². The first-order valence-electron chi connectivity index (χ1n) is 11.5. The molecule has 182 valence electrons. The molecule has 0 saturated carbocycles. The topological polar surface area (TPSA) is 86.7 Å². The van der Waals surface area contributed by atoms with Gasteiger partial charge in [-0.05, 0) is 49.1 Å². The highest BCUT2D eigenvalue weighted by atomic mass is 35.5. The Morgan fingerprint density at radius 1 is 1.06 bits per heavy atom. The fourth-order valence-corrected chi connectivity index (χ4v) is 4.71. The van der Waals surface area contributed by atoms with Gasteiger partial charge in [-0.3, -0.25) is 14.4 Å². The maximum Gasteiger partial charge on any atom is 0.251 e. The van der Waals surface area contributed by atoms with Crippen LogP contribution >= 0.6 is 11.6 Å². The number of hydrogen-bond acceptors (Lipinski definition) is 4. The van der Waals surface area contributed by atoms with Crippen LogP contribution in [0.5, 0.6) is 0 Å². The van der Waals surface area contributed by atoms with Crippen molar-refractivity contribution in [2.45, 2.75) is 52.7 Å². The fourth-order valence-electron chi connectivity index (χ4n) is 4.59. The lowest BCUT2D eigenvalue weighted by molar-refractivity contribution is -0.155. The zero-order valence-corrected chi connectivity index (χ0v) is 21.1. The van der Waals surface area contributed by atoms with E-state index in [1.54, 1.807) is 35.2 Å². The van der Waals surface area contributed by atoms with Crippen molar-refractivity contribution < 1.29 is 19.5 Å². The predicted molar refractivity (Wildman–Crippen MR) is 133 cm³/mol. The second-order valence-electron chi connectivity index (χ2n) is 10.1. The van der Waals surface area contributed by atoms with E-state index in [1.165, 1.54) is 13.0 Å². The third-order valence-electron chi connectivity index (χ3n) is 6.83. The van der Waals surface area contributed by atoms with Crippen LogP contribution in [-0.2, 0) is 10.4 Å². The molecule has 1 fully saturated rings. The van der Waals surface area contributed by atoms with E-state index < -0.39 is 23.0 Å². The molecular formula is C27H33ClN2O4. The second kappa shape index (κ2) is 9.88. The zero-order chi connectivity index (χ0) is 25.3. The van der Waals surface area contributed by atoms with Crippen molar-refractivity contribution in [1.29, 1.82) is 0 Å². The first-order chi connectivity index (χ1) is 15.9. The standard InChI is InChI=1S/C27H33ClN2O4/c1-17(2)23(29-24(32)20-8-6-7-19(15-20)18(3)31)25(33)30-14-13-27(34,26(4,5)16-30)21-9-11-22(28)12-10-21/h6-12,15,17,23,34H,13-14,16H2,1-5H3,(H,29,32). The lowest BCUT2D eigenvalue weighted by Gasteiger charge is -2.51. The van der Waals surface area contributed by atoms with Crippen molar-refractivity contribution >= 4 is 29.2 Å². The van der Waals surface area contributed by atoms with Crippen LogP contribution in [-0.4, -0.2) is 46.7 Å². The number of benzene rings is 2. The number of Topliss-reactive ketones (excluding diaryl/α,β-unsaturated/α-hetero) is 1. The molecule has 2 aromatic carbocycles. The predicted octanol–water partition coefficient (Wildman–Crippen LogP) is 4.44. The highest BCUT2D eigenvalue weighted by molar-refractivity contribution is 6.30. The van der Waals surface area contributed by atoms with Gasteiger partial charge in [-0.2, -0.15) is 0 Å². The summed E-state index contributed by atoms with van der Waals surface area (Å²) in [7, 11) is 0. The smallest absolute Gasteiger partial charge is 0.251 e. The van der Waals surface area contributed by atoms with E-state index in [2.05, 4.69) is 5.32 Å². The largest absolute Gasteiger partial charge is 0.384 e. The Morgan fingerprint density at radius 2 is 1.68 bits per heavy atom. The van der Waals surface area contributed by atoms with Gasteiger partial charge in [-0.25, -0.2) is 0 Å². The van der Waals surface area contributed by atoms with Crippen molar-refractivity contribution in [2.75, 3.05) is 13.1 Å². The van der Waals surface area contributed by atoms with E-state index in [4.69, 9.17) is 11.6 Å². The van der Waals surface area contributed by atoms with Gasteiger partial charge in [-0.15, -0.1) is 0 Å². The normalized spacial score (nSPS) is 20.6. The van der Waals surface area contributed by atoms with Crippen molar-refractivity contribution in [1.82, 2.24) is 10.2 Å². The van der Waals surface area contributed by atoms with E-state index in [-0.39, 0.29) is 17.6 Å². The van der Waals surface area contributed by atoms with Gasteiger partial charge in [0.05, 0.1) is 5.60 Å². The molecule has 7 heteroatoms. The molecule has 1 heterocycles. The van der Waals surface area contributed by atoms with Gasteiger partial charge in [0, 0.05) is 34.7 Å². The van der Waals surface area contributed by atoms with Crippen molar-refractivity contribution in [3.8, 4) is 0 Å². The summed E-state index contributed by atoms with van der Waals surface area (Å²) >= 11 is 6.02. The molecule has 34 heavy (non-hydrogen) atoms. The average molecular weight is 485 g/mol. The van der Waals surface area contributed by atoms with Gasteiger partial charge >= 0.3 is 0 Å². The number of rotatable bonds is 6. The molecule has 6 nitrogen and oxygen atoms in total. The van der Waals surface area contributed by atoms with Gasteiger partial charge in [0.1, 0.15) is 6.04 Å². The van der Waals surface area contributed by atoms with E-state index >= 15 is 0 Å². The van der Waals surface area contributed by atoms with Crippen molar-refractivity contribution in [3.63, 3.8) is 0 Å². The molecule has 2 N–H and O–H groups in total. The van der Waals surface area contributed by atoms with Crippen LogP contribution in [0.4, 0.5) is 0 Å². The third kappa shape index (κ3) is 5.18. The number of halogens is 1. The highest BCUT2D eigenvalue weighted by Gasteiger charge is 2.50. The van der Waals surface area contributed by atoms with Crippen molar-refractivity contribution in [2.24, 2.45) is 11.3 Å². The van der Waals surface area contributed by atoms with Gasteiger partial charge in [-0.1, -0.05) is 63.6 Å². The Balaban J connectivity index is 1.78. The van der Waals surface area contributed by atoms with Crippen LogP contribution in [0, 0.1) is 11.3 Å². The fraction of sp³-hybridized carbons (Fsp3) is 0.444. The second-order valence-corrected chi connectivity index (χ2v) is 10.5. The molecule has 1 aliphatic heterocycles. The molecule has 0 spiro atoms. The summed E-state index contributed by atoms with van der Waals surface area (Å²) in [6.45, 7) is 9.79. The molecule has 0 bridgehead atoms. The van der Waals surface area contributed by atoms with Crippen LogP contribution < -0.4 is 5.32 Å².